The quantitative estimate of drug-likeness (QED) is 0.847. The van der Waals surface area contributed by atoms with Gasteiger partial charge in [0.2, 0.25) is 11.4 Å². The zero-order chi connectivity index (χ0) is 15.6. The number of Topliss-reactive ketones (excluding diaryl/α,β-unsaturated/α-hetero) is 1. The predicted octanol–water partition coefficient (Wildman–Crippen LogP) is 3.03. The summed E-state index contributed by atoms with van der Waals surface area (Å²) < 4.78 is 37.8. The van der Waals surface area contributed by atoms with E-state index in [-0.39, 0.29) is 5.56 Å². The third-order valence-electron chi connectivity index (χ3n) is 3.25. The summed E-state index contributed by atoms with van der Waals surface area (Å²) in [5, 5.41) is 9.36. The van der Waals surface area contributed by atoms with Gasteiger partial charge in [0.1, 0.15) is 0 Å². The van der Waals surface area contributed by atoms with Crippen LogP contribution in [-0.4, -0.2) is 35.8 Å². The molecule has 0 aromatic heterocycles. The van der Waals surface area contributed by atoms with Crippen molar-refractivity contribution in [3.8, 4) is 0 Å². The Morgan fingerprint density at radius 3 is 1.95 bits per heavy atom. The molecule has 0 amide bonds. The second-order valence-corrected chi connectivity index (χ2v) is 4.62. The lowest BCUT2D eigenvalue weighted by atomic mass is 9.94. The monoisotopic (exact) mass is 289 g/mol. The molecule has 1 atom stereocenters. The number of aliphatic hydroxyl groups is 1. The van der Waals surface area contributed by atoms with Crippen molar-refractivity contribution in [2.24, 2.45) is 0 Å². The Morgan fingerprint density at radius 1 is 1.15 bits per heavy atom. The van der Waals surface area contributed by atoms with Crippen LogP contribution < -0.4 is 4.90 Å². The molecule has 0 aliphatic heterocycles. The van der Waals surface area contributed by atoms with Gasteiger partial charge in [0.05, 0.1) is 0 Å². The van der Waals surface area contributed by atoms with Gasteiger partial charge in [0.15, 0.2) is 0 Å². The van der Waals surface area contributed by atoms with Gasteiger partial charge in [-0.25, -0.2) is 0 Å². The van der Waals surface area contributed by atoms with Gasteiger partial charge in [-0.05, 0) is 45.0 Å². The van der Waals surface area contributed by atoms with E-state index in [9.17, 15) is 23.1 Å². The van der Waals surface area contributed by atoms with Gasteiger partial charge in [-0.15, -0.1) is 0 Å². The first-order valence-electron chi connectivity index (χ1n) is 6.34. The van der Waals surface area contributed by atoms with Crippen LogP contribution in [0.2, 0.25) is 0 Å². The van der Waals surface area contributed by atoms with E-state index in [1.54, 1.807) is 12.1 Å². The maximum Gasteiger partial charge on any atom is 0.424 e. The number of ketones is 1. The highest BCUT2D eigenvalue weighted by atomic mass is 19.4. The maximum absolute atomic E-state index is 12.6. The first-order valence-corrected chi connectivity index (χ1v) is 6.34. The molecular weight excluding hydrogens is 271 g/mol. The summed E-state index contributed by atoms with van der Waals surface area (Å²) >= 11 is 0. The van der Waals surface area contributed by atoms with Gasteiger partial charge >= 0.3 is 6.18 Å². The van der Waals surface area contributed by atoms with Gasteiger partial charge in [-0.1, -0.05) is 0 Å². The molecule has 0 aliphatic rings. The summed E-state index contributed by atoms with van der Waals surface area (Å²) in [4.78, 5) is 13.7. The largest absolute Gasteiger partial charge is 0.424 e. The zero-order valence-corrected chi connectivity index (χ0v) is 11.7. The van der Waals surface area contributed by atoms with Crippen LogP contribution in [0, 0.1) is 0 Å². The Labute approximate surface area is 116 Å². The van der Waals surface area contributed by atoms with Crippen LogP contribution in [0.4, 0.5) is 18.9 Å². The number of rotatable bonds is 5. The first-order chi connectivity index (χ1) is 9.15. The minimum atomic E-state index is -5.00. The van der Waals surface area contributed by atoms with E-state index in [4.69, 9.17) is 0 Å². The van der Waals surface area contributed by atoms with E-state index < -0.39 is 17.6 Å². The van der Waals surface area contributed by atoms with Gasteiger partial charge < -0.3 is 10.0 Å². The third kappa shape index (κ3) is 3.12. The number of alkyl halides is 3. The van der Waals surface area contributed by atoms with Crippen LogP contribution in [0.1, 0.15) is 31.1 Å². The number of nitrogens with zero attached hydrogens (tertiary/aromatic N) is 1. The van der Waals surface area contributed by atoms with Crippen LogP contribution in [0.3, 0.4) is 0 Å². The lowest BCUT2D eigenvalue weighted by Gasteiger charge is -2.25. The van der Waals surface area contributed by atoms with Crippen molar-refractivity contribution >= 4 is 11.5 Å². The molecule has 1 aromatic carbocycles. The molecule has 0 bridgehead atoms. The standard InChI is InChI=1S/C14H18F3NO2/c1-4-18(5-2)11-8-6-10(7-9-11)12(19)13(3,20)14(15,16)17/h6-9,20H,4-5H2,1-3H3. The summed E-state index contributed by atoms with van der Waals surface area (Å²) in [7, 11) is 0. The summed E-state index contributed by atoms with van der Waals surface area (Å²) in [6, 6.07) is 5.76. The molecule has 0 spiro atoms. The van der Waals surface area contributed by atoms with E-state index in [0.717, 1.165) is 18.8 Å². The smallest absolute Gasteiger partial charge is 0.374 e. The van der Waals surface area contributed by atoms with E-state index in [2.05, 4.69) is 0 Å². The lowest BCUT2D eigenvalue weighted by molar-refractivity contribution is -0.229. The number of carbonyl (C=O) groups excluding carboxylic acids is 1. The fraction of sp³-hybridized carbons (Fsp3) is 0.500. The van der Waals surface area contributed by atoms with Crippen LogP contribution in [-0.2, 0) is 0 Å². The molecule has 1 N–H and O–H groups in total. The Bertz CT molecular complexity index is 462. The second kappa shape index (κ2) is 5.83. The second-order valence-electron chi connectivity index (χ2n) is 4.62. The normalized spacial score (nSPS) is 14.8. The molecule has 0 saturated heterocycles. The van der Waals surface area contributed by atoms with E-state index in [1.807, 2.05) is 18.7 Å². The van der Waals surface area contributed by atoms with E-state index >= 15 is 0 Å². The van der Waals surface area contributed by atoms with Crippen LogP contribution in [0.15, 0.2) is 24.3 Å². The fourth-order valence-electron chi connectivity index (χ4n) is 1.82. The van der Waals surface area contributed by atoms with Gasteiger partial charge in [-0.2, -0.15) is 13.2 Å². The Hall–Kier alpha value is -1.56. The number of benzene rings is 1. The summed E-state index contributed by atoms with van der Waals surface area (Å²) in [5.74, 6) is -1.35. The van der Waals surface area contributed by atoms with Crippen molar-refractivity contribution < 1.29 is 23.1 Å². The molecule has 0 heterocycles. The average Bonchev–Trinajstić information content (AvgIpc) is 2.39. The highest BCUT2D eigenvalue weighted by Crippen LogP contribution is 2.33. The highest BCUT2D eigenvalue weighted by molar-refractivity contribution is 6.02. The number of hydrogen-bond donors (Lipinski definition) is 1. The van der Waals surface area contributed by atoms with Crippen LogP contribution in [0.5, 0.6) is 0 Å². The van der Waals surface area contributed by atoms with Gasteiger partial charge in [-0.3, -0.25) is 4.79 Å². The molecular formula is C14H18F3NO2. The molecule has 0 saturated carbocycles. The molecule has 1 rings (SSSR count). The van der Waals surface area contributed by atoms with Crippen molar-refractivity contribution in [3.63, 3.8) is 0 Å². The van der Waals surface area contributed by atoms with E-state index in [1.165, 1.54) is 12.1 Å². The summed E-state index contributed by atoms with van der Waals surface area (Å²) in [6.45, 7) is 5.88. The third-order valence-corrected chi connectivity index (χ3v) is 3.25. The van der Waals surface area contributed by atoms with Crippen LogP contribution in [0.25, 0.3) is 0 Å². The Balaban J connectivity index is 3.03. The molecule has 3 nitrogen and oxygen atoms in total. The number of halogens is 3. The number of anilines is 1. The summed E-state index contributed by atoms with van der Waals surface area (Å²) in [6.07, 6.45) is -5.00. The van der Waals surface area contributed by atoms with Gasteiger partial charge in [0, 0.05) is 24.3 Å². The van der Waals surface area contributed by atoms with E-state index in [0.29, 0.717) is 6.92 Å². The van der Waals surface area contributed by atoms with Crippen molar-refractivity contribution in [2.75, 3.05) is 18.0 Å². The topological polar surface area (TPSA) is 40.5 Å². The minimum absolute atomic E-state index is 0.164. The number of carbonyl (C=O) groups is 1. The van der Waals surface area contributed by atoms with Gasteiger partial charge in [0.25, 0.3) is 0 Å². The minimum Gasteiger partial charge on any atom is -0.374 e. The number of hydrogen-bond acceptors (Lipinski definition) is 3. The molecule has 20 heavy (non-hydrogen) atoms. The zero-order valence-electron chi connectivity index (χ0n) is 11.7. The Kier molecular flexibility index (Phi) is 4.81. The average molecular weight is 289 g/mol. The fourth-order valence-corrected chi connectivity index (χ4v) is 1.82. The molecule has 0 fully saturated rings. The maximum atomic E-state index is 12.6. The van der Waals surface area contributed by atoms with Crippen LogP contribution >= 0.6 is 0 Å². The molecule has 112 valence electrons. The molecule has 1 aromatic rings. The first kappa shape index (κ1) is 16.5. The highest BCUT2D eigenvalue weighted by Gasteiger charge is 2.55. The predicted molar refractivity (Wildman–Crippen MR) is 71.0 cm³/mol. The van der Waals surface area contributed by atoms with Crippen molar-refractivity contribution in [1.82, 2.24) is 0 Å². The molecule has 0 aliphatic carbocycles. The lowest BCUT2D eigenvalue weighted by Crippen LogP contribution is -2.49. The molecule has 1 unspecified atom stereocenters. The molecule has 6 heteroatoms. The summed E-state index contributed by atoms with van der Waals surface area (Å²) in [5.41, 5.74) is -2.72. The van der Waals surface area contributed by atoms with Crippen molar-refractivity contribution in [2.45, 2.75) is 32.5 Å². The van der Waals surface area contributed by atoms with Crippen molar-refractivity contribution in [1.29, 1.82) is 0 Å². The SMILES string of the molecule is CCN(CC)c1ccc(C(=O)C(C)(O)C(F)(F)F)cc1. The van der Waals surface area contributed by atoms with Crippen molar-refractivity contribution in [3.05, 3.63) is 29.8 Å². The Morgan fingerprint density at radius 2 is 1.60 bits per heavy atom. The molecule has 0 radical (unpaired) electrons.